The molecule has 1 fully saturated rings. The van der Waals surface area contributed by atoms with Gasteiger partial charge in [-0.25, -0.2) is 0 Å². The Morgan fingerprint density at radius 3 is 2.94 bits per heavy atom. The molecule has 0 radical (unpaired) electrons. The second-order valence-electron chi connectivity index (χ2n) is 4.51. The van der Waals surface area contributed by atoms with Crippen LogP contribution in [0.3, 0.4) is 0 Å². The molecule has 1 aromatic carbocycles. The van der Waals surface area contributed by atoms with E-state index < -0.39 is 6.10 Å². The van der Waals surface area contributed by atoms with Crippen LogP contribution in [0.25, 0.3) is 0 Å². The van der Waals surface area contributed by atoms with Crippen LogP contribution in [0.4, 0.5) is 0 Å². The maximum absolute atomic E-state index is 10.4. The molecule has 2 aliphatic rings. The first-order chi connectivity index (χ1) is 8.75. The minimum Gasteiger partial charge on any atom is -0.493 e. The molecule has 5 heteroatoms. The van der Waals surface area contributed by atoms with Gasteiger partial charge in [0.25, 0.3) is 0 Å². The van der Waals surface area contributed by atoms with Crippen LogP contribution in [0.5, 0.6) is 5.75 Å². The van der Waals surface area contributed by atoms with Crippen molar-refractivity contribution in [1.29, 1.82) is 0 Å². The van der Waals surface area contributed by atoms with Crippen LogP contribution in [-0.2, 0) is 15.9 Å². The lowest BCUT2D eigenvalue weighted by atomic mass is 10.00. The van der Waals surface area contributed by atoms with Gasteiger partial charge in [0.05, 0.1) is 26.4 Å². The molecule has 0 spiro atoms. The van der Waals surface area contributed by atoms with Gasteiger partial charge in [0.1, 0.15) is 18.0 Å². The SMILES string of the molecule is OC(c1cc(Br)cc2c1OCC2)C1COCCO1. The molecule has 0 amide bonds. The van der Waals surface area contributed by atoms with E-state index in [0.29, 0.717) is 26.4 Å². The maximum Gasteiger partial charge on any atom is 0.128 e. The van der Waals surface area contributed by atoms with Gasteiger partial charge in [-0.05, 0) is 17.7 Å². The summed E-state index contributed by atoms with van der Waals surface area (Å²) in [5, 5.41) is 10.4. The van der Waals surface area contributed by atoms with E-state index in [0.717, 1.165) is 27.8 Å². The first kappa shape index (κ1) is 12.4. The summed E-state index contributed by atoms with van der Waals surface area (Å²) >= 11 is 3.47. The lowest BCUT2D eigenvalue weighted by molar-refractivity contribution is -0.133. The monoisotopic (exact) mass is 314 g/mol. The van der Waals surface area contributed by atoms with E-state index in [-0.39, 0.29) is 6.10 Å². The summed E-state index contributed by atoms with van der Waals surface area (Å²) in [6.07, 6.45) is -0.146. The molecule has 2 unspecified atom stereocenters. The molecule has 0 bridgehead atoms. The van der Waals surface area contributed by atoms with Crippen LogP contribution in [0, 0.1) is 0 Å². The number of benzene rings is 1. The number of hydrogen-bond acceptors (Lipinski definition) is 4. The number of halogens is 1. The second kappa shape index (κ2) is 5.17. The largest absolute Gasteiger partial charge is 0.493 e. The highest BCUT2D eigenvalue weighted by Crippen LogP contribution is 2.38. The molecule has 1 aromatic rings. The van der Waals surface area contributed by atoms with Crippen molar-refractivity contribution in [2.24, 2.45) is 0 Å². The molecule has 1 saturated heterocycles. The fraction of sp³-hybridized carbons (Fsp3) is 0.538. The van der Waals surface area contributed by atoms with Gasteiger partial charge in [-0.1, -0.05) is 15.9 Å². The van der Waals surface area contributed by atoms with E-state index in [1.807, 2.05) is 12.1 Å². The normalized spacial score (nSPS) is 24.4. The number of aliphatic hydroxyl groups excluding tert-OH is 1. The van der Waals surface area contributed by atoms with Crippen LogP contribution >= 0.6 is 15.9 Å². The van der Waals surface area contributed by atoms with Crippen molar-refractivity contribution in [1.82, 2.24) is 0 Å². The number of ether oxygens (including phenoxy) is 3. The average molecular weight is 315 g/mol. The topological polar surface area (TPSA) is 47.9 Å². The fourth-order valence-corrected chi connectivity index (χ4v) is 2.93. The standard InChI is InChI=1S/C13H15BrO4/c14-9-5-8-1-2-18-13(8)10(6-9)12(15)11-7-16-3-4-17-11/h5-6,11-12,15H,1-4,7H2. The van der Waals surface area contributed by atoms with Crippen molar-refractivity contribution in [3.8, 4) is 5.75 Å². The van der Waals surface area contributed by atoms with E-state index >= 15 is 0 Å². The van der Waals surface area contributed by atoms with E-state index in [9.17, 15) is 5.11 Å². The third-order valence-corrected chi connectivity index (χ3v) is 3.75. The smallest absolute Gasteiger partial charge is 0.128 e. The predicted octanol–water partition coefficient (Wildman–Crippen LogP) is 1.83. The molecule has 0 aliphatic carbocycles. The highest BCUT2D eigenvalue weighted by molar-refractivity contribution is 9.10. The number of hydrogen-bond donors (Lipinski definition) is 1. The number of fused-ring (bicyclic) bond motifs is 1. The summed E-state index contributed by atoms with van der Waals surface area (Å²) in [7, 11) is 0. The Bertz CT molecular complexity index is 443. The molecule has 2 heterocycles. The molecule has 1 N–H and O–H groups in total. The van der Waals surface area contributed by atoms with Crippen molar-refractivity contribution in [2.45, 2.75) is 18.6 Å². The van der Waals surface area contributed by atoms with Crippen molar-refractivity contribution in [2.75, 3.05) is 26.4 Å². The first-order valence-corrected chi connectivity index (χ1v) is 6.87. The summed E-state index contributed by atoms with van der Waals surface area (Å²) in [5.41, 5.74) is 1.92. The molecular weight excluding hydrogens is 300 g/mol. The van der Waals surface area contributed by atoms with Crippen molar-refractivity contribution in [3.63, 3.8) is 0 Å². The average Bonchev–Trinajstić information content (AvgIpc) is 2.86. The fourth-order valence-electron chi connectivity index (χ4n) is 2.41. The Morgan fingerprint density at radius 2 is 2.17 bits per heavy atom. The molecule has 0 saturated carbocycles. The van der Waals surface area contributed by atoms with Gasteiger partial charge >= 0.3 is 0 Å². The third kappa shape index (κ3) is 2.28. The Hall–Kier alpha value is -0.620. The summed E-state index contributed by atoms with van der Waals surface area (Å²) in [6.45, 7) is 2.21. The summed E-state index contributed by atoms with van der Waals surface area (Å²) < 4.78 is 17.5. The Kier molecular flexibility index (Phi) is 3.56. The molecule has 18 heavy (non-hydrogen) atoms. The lowest BCUT2D eigenvalue weighted by Gasteiger charge is -2.28. The first-order valence-electron chi connectivity index (χ1n) is 6.08. The second-order valence-corrected chi connectivity index (χ2v) is 5.43. The highest BCUT2D eigenvalue weighted by Gasteiger charge is 2.29. The Balaban J connectivity index is 1.91. The molecule has 98 valence electrons. The maximum atomic E-state index is 10.4. The molecule has 4 nitrogen and oxygen atoms in total. The van der Waals surface area contributed by atoms with E-state index in [2.05, 4.69) is 15.9 Å². The van der Waals surface area contributed by atoms with Crippen molar-refractivity contribution < 1.29 is 19.3 Å². The molecule has 3 rings (SSSR count). The van der Waals surface area contributed by atoms with Gasteiger partial charge in [-0.2, -0.15) is 0 Å². The minimum atomic E-state index is -0.713. The number of aliphatic hydroxyl groups is 1. The predicted molar refractivity (Wildman–Crippen MR) is 68.9 cm³/mol. The quantitative estimate of drug-likeness (QED) is 0.905. The zero-order chi connectivity index (χ0) is 12.5. The van der Waals surface area contributed by atoms with Crippen molar-refractivity contribution >= 4 is 15.9 Å². The Labute approximate surface area is 114 Å². The summed E-state index contributed by atoms with van der Waals surface area (Å²) in [6, 6.07) is 3.93. The van der Waals surface area contributed by atoms with Gasteiger partial charge in [0.15, 0.2) is 0 Å². The van der Waals surface area contributed by atoms with E-state index in [1.54, 1.807) is 0 Å². The molecule has 2 aliphatic heterocycles. The molecule has 2 atom stereocenters. The van der Waals surface area contributed by atoms with Gasteiger partial charge in [-0.3, -0.25) is 0 Å². The van der Waals surface area contributed by atoms with Crippen LogP contribution in [0.1, 0.15) is 17.2 Å². The minimum absolute atomic E-state index is 0.318. The molecule has 0 aromatic heterocycles. The lowest BCUT2D eigenvalue weighted by Crippen LogP contribution is -2.34. The third-order valence-electron chi connectivity index (χ3n) is 3.29. The van der Waals surface area contributed by atoms with Crippen LogP contribution < -0.4 is 4.74 Å². The van der Waals surface area contributed by atoms with E-state index in [4.69, 9.17) is 14.2 Å². The summed E-state index contributed by atoms with van der Waals surface area (Å²) in [4.78, 5) is 0. The van der Waals surface area contributed by atoms with Crippen LogP contribution in [0.15, 0.2) is 16.6 Å². The van der Waals surface area contributed by atoms with Crippen LogP contribution in [-0.4, -0.2) is 37.6 Å². The van der Waals surface area contributed by atoms with E-state index in [1.165, 1.54) is 0 Å². The van der Waals surface area contributed by atoms with Gasteiger partial charge in [-0.15, -0.1) is 0 Å². The van der Waals surface area contributed by atoms with Gasteiger partial charge in [0, 0.05) is 16.5 Å². The number of rotatable bonds is 2. The zero-order valence-corrected chi connectivity index (χ0v) is 11.5. The zero-order valence-electron chi connectivity index (χ0n) is 9.89. The Morgan fingerprint density at radius 1 is 1.28 bits per heavy atom. The highest BCUT2D eigenvalue weighted by atomic mass is 79.9. The van der Waals surface area contributed by atoms with Gasteiger partial charge < -0.3 is 19.3 Å². The van der Waals surface area contributed by atoms with Crippen LogP contribution in [0.2, 0.25) is 0 Å². The van der Waals surface area contributed by atoms with Gasteiger partial charge in [0.2, 0.25) is 0 Å². The molecular formula is C13H15BrO4. The van der Waals surface area contributed by atoms with Crippen molar-refractivity contribution in [3.05, 3.63) is 27.7 Å². The summed E-state index contributed by atoms with van der Waals surface area (Å²) in [5.74, 6) is 0.805.